The van der Waals surface area contributed by atoms with Gasteiger partial charge in [-0.25, -0.2) is 4.39 Å². The quantitative estimate of drug-likeness (QED) is 0.939. The average molecular weight is 281 g/mol. The van der Waals surface area contributed by atoms with Gasteiger partial charge in [0.1, 0.15) is 5.82 Å². The van der Waals surface area contributed by atoms with Crippen molar-refractivity contribution >= 4 is 11.4 Å². The Morgan fingerprint density at radius 1 is 1.29 bits per heavy atom. The zero-order chi connectivity index (χ0) is 14.8. The number of nitrogens with two attached hydrogens (primary N) is 1. The molecule has 0 amide bonds. The fraction of sp³-hybridized carbons (Fsp3) is 0.235. The number of hydrogen-bond donors (Lipinski definition) is 1. The molecule has 106 valence electrons. The summed E-state index contributed by atoms with van der Waals surface area (Å²) in [6.45, 7) is 1.39. The van der Waals surface area contributed by atoms with Crippen LogP contribution in [0.5, 0.6) is 0 Å². The van der Waals surface area contributed by atoms with Gasteiger partial charge >= 0.3 is 0 Å². The van der Waals surface area contributed by atoms with E-state index < -0.39 is 0 Å². The Morgan fingerprint density at radius 2 is 2.10 bits per heavy atom. The van der Waals surface area contributed by atoms with Gasteiger partial charge in [0.05, 0.1) is 11.6 Å². The summed E-state index contributed by atoms with van der Waals surface area (Å²) >= 11 is 0. The first-order valence-electron chi connectivity index (χ1n) is 7.00. The summed E-state index contributed by atoms with van der Waals surface area (Å²) in [5.74, 6) is -0.0381. The molecule has 1 unspecified atom stereocenters. The zero-order valence-corrected chi connectivity index (χ0v) is 11.6. The summed E-state index contributed by atoms with van der Waals surface area (Å²) in [5, 5.41) is 9.01. The Balaban J connectivity index is 2.04. The lowest BCUT2D eigenvalue weighted by Gasteiger charge is -2.20. The van der Waals surface area contributed by atoms with E-state index in [1.807, 2.05) is 24.3 Å². The van der Waals surface area contributed by atoms with Gasteiger partial charge in [-0.15, -0.1) is 0 Å². The maximum Gasteiger partial charge on any atom is 0.126 e. The third-order valence-corrected chi connectivity index (χ3v) is 3.91. The molecule has 4 heteroatoms. The zero-order valence-electron chi connectivity index (χ0n) is 11.6. The molecule has 0 saturated carbocycles. The molecule has 2 aromatic carbocycles. The molecule has 0 aromatic heterocycles. The van der Waals surface area contributed by atoms with Crippen LogP contribution in [0.2, 0.25) is 0 Å². The van der Waals surface area contributed by atoms with Crippen molar-refractivity contribution in [2.24, 2.45) is 5.73 Å². The normalized spacial score (nSPS) is 16.6. The molecule has 0 aliphatic carbocycles. The van der Waals surface area contributed by atoms with E-state index in [9.17, 15) is 4.39 Å². The number of anilines is 2. The fourth-order valence-corrected chi connectivity index (χ4v) is 2.98. The van der Waals surface area contributed by atoms with E-state index in [2.05, 4.69) is 11.0 Å². The first-order valence-corrected chi connectivity index (χ1v) is 7.00. The van der Waals surface area contributed by atoms with Crippen molar-refractivity contribution in [2.75, 3.05) is 18.0 Å². The summed E-state index contributed by atoms with van der Waals surface area (Å²) in [6, 6.07) is 14.6. The highest BCUT2D eigenvalue weighted by Gasteiger charge is 2.28. The van der Waals surface area contributed by atoms with E-state index in [0.717, 1.165) is 24.3 Å². The smallest absolute Gasteiger partial charge is 0.126 e. The van der Waals surface area contributed by atoms with Crippen molar-refractivity contribution in [3.05, 3.63) is 59.4 Å². The molecule has 1 atom stereocenters. The molecule has 1 heterocycles. The van der Waals surface area contributed by atoms with Crippen LogP contribution in [0.3, 0.4) is 0 Å². The Labute approximate surface area is 123 Å². The maximum atomic E-state index is 13.7. The predicted octanol–water partition coefficient (Wildman–Crippen LogP) is 3.28. The van der Waals surface area contributed by atoms with Crippen LogP contribution in [0.4, 0.5) is 15.8 Å². The molecule has 0 bridgehead atoms. The lowest BCUT2D eigenvalue weighted by atomic mass is 9.98. The lowest BCUT2D eigenvalue weighted by Crippen LogP contribution is -2.17. The minimum Gasteiger partial charge on any atom is -0.341 e. The number of fused-ring (bicyclic) bond motifs is 1. The highest BCUT2D eigenvalue weighted by molar-refractivity contribution is 5.72. The molecule has 2 N–H and O–H groups in total. The molecule has 1 aliphatic rings. The average Bonchev–Trinajstić information content (AvgIpc) is 2.86. The molecular formula is C17H16FN3. The second kappa shape index (κ2) is 5.55. The first kappa shape index (κ1) is 13.6. The van der Waals surface area contributed by atoms with Crippen molar-refractivity contribution in [3.63, 3.8) is 0 Å². The van der Waals surface area contributed by atoms with E-state index >= 15 is 0 Å². The molecule has 1 aliphatic heterocycles. The predicted molar refractivity (Wildman–Crippen MR) is 81.0 cm³/mol. The van der Waals surface area contributed by atoms with Crippen molar-refractivity contribution in [2.45, 2.75) is 12.3 Å². The Hall–Kier alpha value is -2.38. The third-order valence-electron chi connectivity index (χ3n) is 3.91. The Morgan fingerprint density at radius 3 is 2.86 bits per heavy atom. The third kappa shape index (κ3) is 2.48. The first-order chi connectivity index (χ1) is 10.2. The van der Waals surface area contributed by atoms with Gasteiger partial charge in [0.25, 0.3) is 0 Å². The topological polar surface area (TPSA) is 53.0 Å². The Bertz CT molecular complexity index is 705. The standard InChI is InChI=1S/C17H16FN3/c18-14-7-12(10-20)8-15(9-14)21-11-13(5-6-19)16-3-1-2-4-17(16)21/h1-4,7-9,13H,5-6,11,19H2. The minimum absolute atomic E-state index is 0.338. The van der Waals surface area contributed by atoms with Crippen LogP contribution < -0.4 is 10.6 Å². The number of halogens is 1. The van der Waals surface area contributed by atoms with E-state index in [4.69, 9.17) is 11.0 Å². The summed E-state index contributed by atoms with van der Waals surface area (Å²) in [6.07, 6.45) is 0.897. The van der Waals surface area contributed by atoms with Crippen LogP contribution in [0.25, 0.3) is 0 Å². The highest BCUT2D eigenvalue weighted by Crippen LogP contribution is 2.42. The SMILES string of the molecule is N#Cc1cc(F)cc(N2CC(CCN)c3ccccc32)c1. The molecular weight excluding hydrogens is 265 g/mol. The van der Waals surface area contributed by atoms with Gasteiger partial charge in [0, 0.05) is 23.8 Å². The number of hydrogen-bond acceptors (Lipinski definition) is 3. The molecule has 0 fully saturated rings. The van der Waals surface area contributed by atoms with E-state index in [1.165, 1.54) is 17.7 Å². The molecule has 0 saturated heterocycles. The second-order valence-electron chi connectivity index (χ2n) is 5.25. The highest BCUT2D eigenvalue weighted by atomic mass is 19.1. The van der Waals surface area contributed by atoms with Crippen LogP contribution in [0.15, 0.2) is 42.5 Å². The van der Waals surface area contributed by atoms with E-state index in [1.54, 1.807) is 6.07 Å². The van der Waals surface area contributed by atoms with Gasteiger partial charge in [-0.2, -0.15) is 5.26 Å². The molecule has 0 radical (unpaired) electrons. The summed E-state index contributed by atoms with van der Waals surface area (Å²) in [4.78, 5) is 2.07. The van der Waals surface area contributed by atoms with Crippen LogP contribution >= 0.6 is 0 Å². The molecule has 2 aromatic rings. The van der Waals surface area contributed by atoms with Crippen molar-refractivity contribution in [1.82, 2.24) is 0 Å². The molecule has 3 rings (SSSR count). The fourth-order valence-electron chi connectivity index (χ4n) is 2.98. The van der Waals surface area contributed by atoms with Gasteiger partial charge in [-0.1, -0.05) is 18.2 Å². The van der Waals surface area contributed by atoms with Gasteiger partial charge in [0.2, 0.25) is 0 Å². The molecule has 0 spiro atoms. The van der Waals surface area contributed by atoms with Crippen molar-refractivity contribution < 1.29 is 4.39 Å². The number of nitrogens with zero attached hydrogens (tertiary/aromatic N) is 2. The second-order valence-corrected chi connectivity index (χ2v) is 5.25. The van der Waals surface area contributed by atoms with Gasteiger partial charge in [-0.05, 0) is 42.8 Å². The minimum atomic E-state index is -0.385. The van der Waals surface area contributed by atoms with Crippen molar-refractivity contribution in [3.8, 4) is 6.07 Å². The van der Waals surface area contributed by atoms with Gasteiger partial charge < -0.3 is 10.6 Å². The van der Waals surface area contributed by atoms with Crippen LogP contribution in [0, 0.1) is 17.1 Å². The summed E-state index contributed by atoms with van der Waals surface area (Å²) in [5.41, 5.74) is 9.07. The summed E-state index contributed by atoms with van der Waals surface area (Å²) < 4.78 is 13.7. The van der Waals surface area contributed by atoms with E-state index in [-0.39, 0.29) is 5.82 Å². The molecule has 3 nitrogen and oxygen atoms in total. The largest absolute Gasteiger partial charge is 0.341 e. The van der Waals surface area contributed by atoms with Crippen molar-refractivity contribution in [1.29, 1.82) is 5.26 Å². The van der Waals surface area contributed by atoms with Gasteiger partial charge in [-0.3, -0.25) is 0 Å². The number of nitriles is 1. The molecule has 21 heavy (non-hydrogen) atoms. The number of rotatable bonds is 3. The van der Waals surface area contributed by atoms with E-state index in [0.29, 0.717) is 18.0 Å². The van der Waals surface area contributed by atoms with Crippen LogP contribution in [0.1, 0.15) is 23.5 Å². The van der Waals surface area contributed by atoms with Gasteiger partial charge in [0.15, 0.2) is 0 Å². The summed E-state index contributed by atoms with van der Waals surface area (Å²) in [7, 11) is 0. The monoisotopic (exact) mass is 281 g/mol. The number of benzene rings is 2. The van der Waals surface area contributed by atoms with Crippen LogP contribution in [-0.4, -0.2) is 13.1 Å². The Kier molecular flexibility index (Phi) is 3.59. The lowest BCUT2D eigenvalue weighted by molar-refractivity contribution is 0.626. The number of para-hydroxylation sites is 1. The maximum absolute atomic E-state index is 13.7. The van der Waals surface area contributed by atoms with Crippen LogP contribution in [-0.2, 0) is 0 Å².